The van der Waals surface area contributed by atoms with E-state index in [4.69, 9.17) is 4.43 Å². The highest BCUT2D eigenvalue weighted by Gasteiger charge is 2.37. The zero-order chi connectivity index (χ0) is 19.8. The lowest BCUT2D eigenvalue weighted by atomic mass is 9.98. The Labute approximate surface area is 162 Å². The molecule has 0 saturated carbocycles. The highest BCUT2D eigenvalue weighted by molar-refractivity contribution is 6.89. The molecule has 0 radical (unpaired) electrons. The summed E-state index contributed by atoms with van der Waals surface area (Å²) in [4.78, 5) is 12.7. The first-order valence-electron chi connectivity index (χ1n) is 10.2. The molecule has 0 heterocycles. The van der Waals surface area contributed by atoms with E-state index >= 15 is 0 Å². The van der Waals surface area contributed by atoms with E-state index in [9.17, 15) is 4.79 Å². The number of benzene rings is 1. The fourth-order valence-electron chi connectivity index (χ4n) is 3.40. The Bertz CT molecular complexity index is 664. The molecule has 1 aromatic rings. The molecule has 0 bridgehead atoms. The summed E-state index contributed by atoms with van der Waals surface area (Å²) in [5.74, 6) is 0.374. The summed E-state index contributed by atoms with van der Waals surface area (Å²) >= 11 is 0. The average molecular weight is 391 g/mol. The van der Waals surface area contributed by atoms with Crippen molar-refractivity contribution in [2.45, 2.75) is 90.6 Å². The molecule has 4 heteroatoms. The van der Waals surface area contributed by atoms with Crippen molar-refractivity contribution in [3.05, 3.63) is 28.8 Å². The van der Waals surface area contributed by atoms with E-state index in [0.29, 0.717) is 5.78 Å². The van der Waals surface area contributed by atoms with Crippen molar-refractivity contribution in [1.29, 1.82) is 0 Å². The Morgan fingerprint density at radius 2 is 1.62 bits per heavy atom. The first-order valence-corrected chi connectivity index (χ1v) is 16.6. The third-order valence-electron chi connectivity index (χ3n) is 6.13. The minimum atomic E-state index is -1.70. The molecule has 2 rings (SSSR count). The molecular weight excluding hydrogens is 352 g/mol. The molecule has 2 nitrogen and oxygen atoms in total. The van der Waals surface area contributed by atoms with Crippen molar-refractivity contribution in [3.63, 3.8) is 0 Å². The maximum absolute atomic E-state index is 12.7. The highest BCUT2D eigenvalue weighted by Crippen LogP contribution is 2.36. The molecule has 0 amide bonds. The fourth-order valence-corrected chi connectivity index (χ4v) is 6.11. The van der Waals surface area contributed by atoms with Crippen LogP contribution in [0.15, 0.2) is 12.1 Å². The second kappa shape index (κ2) is 7.72. The number of ketones is 1. The standard InChI is InChI=1S/C22H38O2Si2/c1-22(2,3)26(7,8)24-14-13-17-15-18-11-9-10-12-19(23)21(18)20(16-17)25(4,5)6/h15-16H,9-14H2,1-8H3. The molecule has 1 aromatic carbocycles. The molecule has 0 saturated heterocycles. The smallest absolute Gasteiger partial charge is 0.191 e. The van der Waals surface area contributed by atoms with E-state index in [1.165, 1.54) is 16.3 Å². The number of Topliss-reactive ketones (excluding diaryl/α,β-unsaturated/α-hetero) is 1. The molecule has 0 atom stereocenters. The Kier molecular flexibility index (Phi) is 6.41. The molecule has 0 aromatic heterocycles. The van der Waals surface area contributed by atoms with Gasteiger partial charge in [0.2, 0.25) is 0 Å². The molecule has 26 heavy (non-hydrogen) atoms. The Morgan fingerprint density at radius 3 is 2.19 bits per heavy atom. The average Bonchev–Trinajstić information content (AvgIpc) is 2.66. The van der Waals surface area contributed by atoms with Crippen LogP contribution in [0, 0.1) is 0 Å². The minimum absolute atomic E-state index is 0.247. The number of fused-ring (bicyclic) bond motifs is 1. The maximum atomic E-state index is 12.7. The molecule has 1 aliphatic carbocycles. The van der Waals surface area contributed by atoms with Gasteiger partial charge < -0.3 is 4.43 Å². The summed E-state index contributed by atoms with van der Waals surface area (Å²) < 4.78 is 6.40. The summed E-state index contributed by atoms with van der Waals surface area (Å²) in [6.45, 7) is 19.4. The van der Waals surface area contributed by atoms with Crippen molar-refractivity contribution in [1.82, 2.24) is 0 Å². The quantitative estimate of drug-likeness (QED) is 0.476. The van der Waals surface area contributed by atoms with E-state index in [-0.39, 0.29) is 5.04 Å². The van der Waals surface area contributed by atoms with Gasteiger partial charge in [-0.3, -0.25) is 4.79 Å². The summed E-state index contributed by atoms with van der Waals surface area (Å²) in [6.07, 6.45) is 4.88. The molecule has 0 fully saturated rings. The minimum Gasteiger partial charge on any atom is -0.416 e. The van der Waals surface area contributed by atoms with Crippen LogP contribution in [0.4, 0.5) is 0 Å². The van der Waals surface area contributed by atoms with Crippen molar-refractivity contribution >= 4 is 27.4 Å². The maximum Gasteiger partial charge on any atom is 0.191 e. The summed E-state index contributed by atoms with van der Waals surface area (Å²) in [5, 5.41) is 1.61. The van der Waals surface area contributed by atoms with Gasteiger partial charge >= 0.3 is 0 Å². The van der Waals surface area contributed by atoms with Crippen LogP contribution in [0.1, 0.15) is 61.5 Å². The van der Waals surface area contributed by atoms with Crippen LogP contribution in [-0.2, 0) is 17.3 Å². The van der Waals surface area contributed by atoms with Gasteiger partial charge in [0, 0.05) is 18.6 Å². The summed E-state index contributed by atoms with van der Waals surface area (Å²) in [7, 11) is -3.27. The second-order valence-corrected chi connectivity index (χ2v) is 20.3. The van der Waals surface area contributed by atoms with Crippen molar-refractivity contribution in [2.75, 3.05) is 6.61 Å². The van der Waals surface area contributed by atoms with Crippen molar-refractivity contribution in [3.8, 4) is 0 Å². The Balaban J connectivity index is 2.28. The van der Waals surface area contributed by atoms with Gasteiger partial charge in [0.05, 0.1) is 8.07 Å². The van der Waals surface area contributed by atoms with E-state index < -0.39 is 16.4 Å². The predicted octanol–water partition coefficient (Wildman–Crippen LogP) is 5.71. The van der Waals surface area contributed by atoms with Gasteiger partial charge in [-0.2, -0.15) is 0 Å². The molecule has 0 spiro atoms. The number of aryl methyl sites for hydroxylation is 1. The topological polar surface area (TPSA) is 26.3 Å². The molecule has 0 unspecified atom stereocenters. The van der Waals surface area contributed by atoms with Gasteiger partial charge in [-0.25, -0.2) is 0 Å². The van der Waals surface area contributed by atoms with Crippen molar-refractivity contribution < 1.29 is 9.22 Å². The lowest BCUT2D eigenvalue weighted by molar-refractivity contribution is 0.0983. The number of hydrogen-bond acceptors (Lipinski definition) is 2. The summed E-state index contributed by atoms with van der Waals surface area (Å²) in [5.41, 5.74) is 3.74. The number of carbonyl (C=O) groups is 1. The Hall–Kier alpha value is -0.716. The molecule has 1 aliphatic rings. The van der Waals surface area contributed by atoms with Crippen LogP contribution >= 0.6 is 0 Å². The van der Waals surface area contributed by atoms with E-state index in [1.54, 1.807) is 0 Å². The lowest BCUT2D eigenvalue weighted by Crippen LogP contribution is -2.42. The van der Waals surface area contributed by atoms with Crippen LogP contribution < -0.4 is 5.19 Å². The zero-order valence-corrected chi connectivity index (χ0v) is 20.2. The van der Waals surface area contributed by atoms with Crippen LogP contribution in [-0.4, -0.2) is 28.8 Å². The van der Waals surface area contributed by atoms with E-state index in [2.05, 4.69) is 65.6 Å². The molecular formula is C22H38O2Si2. The fraction of sp³-hybridized carbons (Fsp3) is 0.682. The number of rotatable bonds is 5. The molecule has 0 N–H and O–H groups in total. The van der Waals surface area contributed by atoms with Gasteiger partial charge in [-0.1, -0.05) is 52.5 Å². The third-order valence-corrected chi connectivity index (χ3v) is 12.7. The van der Waals surface area contributed by atoms with Crippen LogP contribution in [0.5, 0.6) is 0 Å². The van der Waals surface area contributed by atoms with Gasteiger partial charge in [-0.15, -0.1) is 0 Å². The monoisotopic (exact) mass is 390 g/mol. The second-order valence-electron chi connectivity index (χ2n) is 10.4. The third kappa shape index (κ3) is 4.96. The number of carbonyl (C=O) groups excluding carboxylic acids is 1. The van der Waals surface area contributed by atoms with Crippen LogP contribution in [0.2, 0.25) is 37.8 Å². The van der Waals surface area contributed by atoms with Crippen molar-refractivity contribution in [2.24, 2.45) is 0 Å². The van der Waals surface area contributed by atoms with Gasteiger partial charge in [-0.05, 0) is 60.1 Å². The van der Waals surface area contributed by atoms with Crippen LogP contribution in [0.3, 0.4) is 0 Å². The zero-order valence-electron chi connectivity index (χ0n) is 18.2. The number of hydrogen-bond donors (Lipinski definition) is 0. The van der Waals surface area contributed by atoms with Gasteiger partial charge in [0.15, 0.2) is 14.1 Å². The normalized spacial score (nSPS) is 16.4. The SMILES string of the molecule is CC(C)(C)[Si](C)(C)OCCc1cc2c(c([Si](C)(C)C)c1)C(=O)CCCC2. The van der Waals surface area contributed by atoms with Crippen LogP contribution in [0.25, 0.3) is 0 Å². The first-order chi connectivity index (χ1) is 11.8. The highest BCUT2D eigenvalue weighted by atomic mass is 28.4. The summed E-state index contributed by atoms with van der Waals surface area (Å²) in [6, 6.07) is 4.64. The Morgan fingerprint density at radius 1 is 1.00 bits per heavy atom. The first kappa shape index (κ1) is 21.6. The van der Waals surface area contributed by atoms with Gasteiger partial charge in [0.1, 0.15) is 0 Å². The van der Waals surface area contributed by atoms with E-state index in [1.807, 2.05) is 0 Å². The molecule has 146 valence electrons. The lowest BCUT2D eigenvalue weighted by Gasteiger charge is -2.36. The van der Waals surface area contributed by atoms with E-state index in [0.717, 1.165) is 44.3 Å². The van der Waals surface area contributed by atoms with Gasteiger partial charge in [0.25, 0.3) is 0 Å². The largest absolute Gasteiger partial charge is 0.416 e. The molecule has 0 aliphatic heterocycles. The predicted molar refractivity (Wildman–Crippen MR) is 118 cm³/mol.